The van der Waals surface area contributed by atoms with Gasteiger partial charge in [-0.1, -0.05) is 0 Å². The smallest absolute Gasteiger partial charge is 0.471 e. The highest BCUT2D eigenvalue weighted by Gasteiger charge is 2.49. The maximum absolute atomic E-state index is 13.5. The highest BCUT2D eigenvalue weighted by atomic mass is 19.4. The van der Waals surface area contributed by atoms with E-state index in [1.807, 2.05) is 0 Å². The zero-order chi connectivity index (χ0) is 12.6. The molecule has 1 aliphatic heterocycles. The molecule has 1 atom stereocenters. The molecule has 16 heavy (non-hydrogen) atoms. The number of hydrogen-bond acceptors (Lipinski definition) is 2. The second-order valence-electron chi connectivity index (χ2n) is 3.60. The van der Waals surface area contributed by atoms with E-state index in [9.17, 15) is 27.2 Å². The first-order chi connectivity index (χ1) is 7.17. The average Bonchev–Trinajstić information content (AvgIpc) is 2.15. The van der Waals surface area contributed by atoms with Crippen LogP contribution in [0.1, 0.15) is 12.8 Å². The van der Waals surface area contributed by atoms with Crippen molar-refractivity contribution >= 4 is 11.9 Å². The van der Waals surface area contributed by atoms with Gasteiger partial charge in [0.25, 0.3) is 0 Å². The molecule has 0 aromatic rings. The lowest BCUT2D eigenvalue weighted by Gasteiger charge is -2.34. The van der Waals surface area contributed by atoms with E-state index in [1.54, 1.807) is 0 Å². The maximum atomic E-state index is 13.5. The molecule has 1 unspecified atom stereocenters. The van der Waals surface area contributed by atoms with Gasteiger partial charge in [-0.25, -0.2) is 9.18 Å². The SMILES string of the molecule is O=C(N1CCCC(F)(C(=O)O)C1)C(F)(F)F. The molecule has 1 saturated heterocycles. The molecule has 1 heterocycles. The van der Waals surface area contributed by atoms with Gasteiger partial charge in [0.2, 0.25) is 5.67 Å². The van der Waals surface area contributed by atoms with Crippen molar-refractivity contribution in [1.29, 1.82) is 0 Å². The minimum atomic E-state index is -5.10. The van der Waals surface area contributed by atoms with Gasteiger partial charge in [0.05, 0.1) is 6.54 Å². The molecule has 0 aromatic heterocycles. The Kier molecular flexibility index (Phi) is 3.11. The molecule has 0 bridgehead atoms. The number of aliphatic carboxylic acids is 1. The number of nitrogens with zero attached hydrogens (tertiary/aromatic N) is 1. The minimum absolute atomic E-state index is 0.107. The van der Waals surface area contributed by atoms with E-state index in [-0.39, 0.29) is 24.3 Å². The van der Waals surface area contributed by atoms with Crippen molar-refractivity contribution in [3.05, 3.63) is 0 Å². The number of piperidine rings is 1. The Hall–Kier alpha value is -1.34. The van der Waals surface area contributed by atoms with E-state index in [0.29, 0.717) is 0 Å². The lowest BCUT2D eigenvalue weighted by atomic mass is 9.95. The standard InChI is InChI=1S/C8H9F4NO3/c9-7(6(15)16)2-1-3-13(4-7)5(14)8(10,11)12/h1-4H2,(H,15,16). The first-order valence-electron chi connectivity index (χ1n) is 4.45. The second-order valence-corrected chi connectivity index (χ2v) is 3.60. The fourth-order valence-corrected chi connectivity index (χ4v) is 1.54. The average molecular weight is 243 g/mol. The maximum Gasteiger partial charge on any atom is 0.471 e. The zero-order valence-corrected chi connectivity index (χ0v) is 8.05. The normalized spacial score (nSPS) is 26.6. The highest BCUT2D eigenvalue weighted by molar-refractivity contribution is 5.84. The van der Waals surface area contributed by atoms with Gasteiger partial charge >= 0.3 is 18.1 Å². The molecule has 1 N–H and O–H groups in total. The van der Waals surface area contributed by atoms with Crippen molar-refractivity contribution in [2.45, 2.75) is 24.7 Å². The summed E-state index contributed by atoms with van der Waals surface area (Å²) in [5.41, 5.74) is -2.78. The van der Waals surface area contributed by atoms with Gasteiger partial charge in [-0.2, -0.15) is 13.2 Å². The lowest BCUT2D eigenvalue weighted by molar-refractivity contribution is -0.190. The topological polar surface area (TPSA) is 57.6 Å². The molecule has 1 rings (SSSR count). The number of alkyl halides is 4. The molecule has 1 aliphatic rings. The van der Waals surface area contributed by atoms with Crippen LogP contribution in [-0.2, 0) is 9.59 Å². The van der Waals surface area contributed by atoms with Crippen LogP contribution in [0.5, 0.6) is 0 Å². The van der Waals surface area contributed by atoms with Gasteiger partial charge < -0.3 is 10.0 Å². The van der Waals surface area contributed by atoms with Crippen LogP contribution >= 0.6 is 0 Å². The fraction of sp³-hybridized carbons (Fsp3) is 0.750. The van der Waals surface area contributed by atoms with Crippen LogP contribution in [0.25, 0.3) is 0 Å². The van der Waals surface area contributed by atoms with Crippen molar-refractivity contribution in [3.8, 4) is 0 Å². The number of carboxylic acids is 1. The van der Waals surface area contributed by atoms with E-state index in [4.69, 9.17) is 5.11 Å². The molecule has 8 heteroatoms. The number of amides is 1. The van der Waals surface area contributed by atoms with Gasteiger partial charge in [0.15, 0.2) is 0 Å². The van der Waals surface area contributed by atoms with Crippen LogP contribution in [0.2, 0.25) is 0 Å². The number of likely N-dealkylation sites (tertiary alicyclic amines) is 1. The summed E-state index contributed by atoms with van der Waals surface area (Å²) in [6.07, 6.45) is -5.59. The van der Waals surface area contributed by atoms with Crippen LogP contribution in [0.3, 0.4) is 0 Å². The number of halogens is 4. The number of carboxylic acid groups (broad SMARTS) is 1. The third kappa shape index (κ3) is 2.42. The Bertz CT molecular complexity index is 317. The molecular formula is C8H9F4NO3. The molecule has 0 radical (unpaired) electrons. The summed E-state index contributed by atoms with van der Waals surface area (Å²) in [6.45, 7) is -1.34. The first-order valence-corrected chi connectivity index (χ1v) is 4.45. The Morgan fingerprint density at radius 1 is 1.31 bits per heavy atom. The monoisotopic (exact) mass is 243 g/mol. The van der Waals surface area contributed by atoms with Crippen LogP contribution in [0, 0.1) is 0 Å². The zero-order valence-electron chi connectivity index (χ0n) is 8.05. The molecule has 0 aromatic carbocycles. The minimum Gasteiger partial charge on any atom is -0.479 e. The quantitative estimate of drug-likeness (QED) is 0.698. The van der Waals surface area contributed by atoms with Gasteiger partial charge in [0, 0.05) is 6.54 Å². The number of rotatable bonds is 1. The second kappa shape index (κ2) is 3.91. The predicted octanol–water partition coefficient (Wildman–Crippen LogP) is 0.964. The molecule has 0 aliphatic carbocycles. The van der Waals surface area contributed by atoms with Crippen molar-refractivity contribution in [1.82, 2.24) is 4.90 Å². The van der Waals surface area contributed by atoms with Crippen LogP contribution in [0.4, 0.5) is 17.6 Å². The van der Waals surface area contributed by atoms with E-state index in [1.165, 1.54) is 0 Å². The van der Waals surface area contributed by atoms with Crippen molar-refractivity contribution in [2.24, 2.45) is 0 Å². The molecule has 1 amide bonds. The van der Waals surface area contributed by atoms with Crippen molar-refractivity contribution in [3.63, 3.8) is 0 Å². The Morgan fingerprint density at radius 2 is 1.88 bits per heavy atom. The summed E-state index contributed by atoms with van der Waals surface area (Å²) in [5, 5.41) is 8.51. The molecular weight excluding hydrogens is 234 g/mol. The largest absolute Gasteiger partial charge is 0.479 e. The summed E-state index contributed by atoms with van der Waals surface area (Å²) in [6, 6.07) is 0. The summed E-state index contributed by atoms with van der Waals surface area (Å²) < 4.78 is 49.6. The van der Waals surface area contributed by atoms with Gasteiger partial charge in [0.1, 0.15) is 0 Å². The molecule has 0 saturated carbocycles. The van der Waals surface area contributed by atoms with Gasteiger partial charge in [-0.05, 0) is 12.8 Å². The number of carbonyl (C=O) groups is 2. The molecule has 0 spiro atoms. The van der Waals surface area contributed by atoms with Gasteiger partial charge in [-0.3, -0.25) is 4.79 Å². The molecule has 92 valence electrons. The summed E-state index contributed by atoms with van der Waals surface area (Å²) in [7, 11) is 0. The number of hydrogen-bond donors (Lipinski definition) is 1. The summed E-state index contributed by atoms with van der Waals surface area (Å²) in [4.78, 5) is 21.5. The third-order valence-electron chi connectivity index (χ3n) is 2.36. The van der Waals surface area contributed by atoms with E-state index in [0.717, 1.165) is 0 Å². The van der Waals surface area contributed by atoms with Crippen LogP contribution < -0.4 is 0 Å². The van der Waals surface area contributed by atoms with Gasteiger partial charge in [-0.15, -0.1) is 0 Å². The molecule has 1 fully saturated rings. The van der Waals surface area contributed by atoms with Crippen LogP contribution in [-0.4, -0.2) is 46.8 Å². The lowest BCUT2D eigenvalue weighted by Crippen LogP contribution is -2.54. The fourth-order valence-electron chi connectivity index (χ4n) is 1.54. The first kappa shape index (κ1) is 12.7. The Labute approximate surface area is 87.8 Å². The molecule has 4 nitrogen and oxygen atoms in total. The predicted molar refractivity (Wildman–Crippen MR) is 43.3 cm³/mol. The summed E-state index contributed by atoms with van der Waals surface area (Å²) in [5.74, 6) is -4.04. The van der Waals surface area contributed by atoms with Crippen molar-refractivity contribution < 1.29 is 32.3 Å². The Morgan fingerprint density at radius 3 is 2.31 bits per heavy atom. The van der Waals surface area contributed by atoms with Crippen LogP contribution in [0.15, 0.2) is 0 Å². The summed E-state index contributed by atoms with van der Waals surface area (Å²) >= 11 is 0. The number of carbonyl (C=O) groups excluding carboxylic acids is 1. The van der Waals surface area contributed by atoms with E-state index < -0.39 is 30.3 Å². The Balaban J connectivity index is 2.79. The van der Waals surface area contributed by atoms with E-state index >= 15 is 0 Å². The van der Waals surface area contributed by atoms with E-state index in [2.05, 4.69) is 0 Å². The highest BCUT2D eigenvalue weighted by Crippen LogP contribution is 2.28. The van der Waals surface area contributed by atoms with Crippen molar-refractivity contribution in [2.75, 3.05) is 13.1 Å². The third-order valence-corrected chi connectivity index (χ3v) is 2.36.